The number of nitrogens with one attached hydrogen (secondary N) is 1. The van der Waals surface area contributed by atoms with Gasteiger partial charge >= 0.3 is 0 Å². The van der Waals surface area contributed by atoms with Crippen LogP contribution in [0.25, 0.3) is 0 Å². The number of aromatic nitrogens is 1. The predicted octanol–water partition coefficient (Wildman–Crippen LogP) is 4.21. The molecule has 9 heteroatoms. The lowest BCUT2D eigenvalue weighted by Crippen LogP contribution is -2.32. The van der Waals surface area contributed by atoms with Crippen LogP contribution in [0.3, 0.4) is 0 Å². The van der Waals surface area contributed by atoms with Crippen molar-refractivity contribution < 1.29 is 13.2 Å². The summed E-state index contributed by atoms with van der Waals surface area (Å²) in [5.74, 6) is -0.301. The van der Waals surface area contributed by atoms with Gasteiger partial charge in [-0.3, -0.25) is 4.79 Å². The molecule has 1 N–H and O–H groups in total. The average Bonchev–Trinajstić information content (AvgIpc) is 2.96. The summed E-state index contributed by atoms with van der Waals surface area (Å²) in [5, 5.41) is 4.09. The van der Waals surface area contributed by atoms with E-state index in [2.05, 4.69) is 5.32 Å². The number of amides is 1. The minimum atomic E-state index is -3.72. The number of carbonyl (C=O) groups is 1. The Morgan fingerprint density at radius 3 is 2.58 bits per heavy atom. The first-order valence-electron chi connectivity index (χ1n) is 11.0. The fourth-order valence-corrected chi connectivity index (χ4v) is 7.33. The first-order chi connectivity index (χ1) is 14.9. The zero-order valence-corrected chi connectivity index (χ0v) is 19.9. The summed E-state index contributed by atoms with van der Waals surface area (Å²) < 4.78 is 27.8. The largest absolute Gasteiger partial charge is 0.352 e. The second-order valence-corrected chi connectivity index (χ2v) is 11.6. The number of halogens is 1. The van der Waals surface area contributed by atoms with Crippen LogP contribution < -0.4 is 5.32 Å². The molecular weight excluding hydrogens is 454 g/mol. The number of benzene rings is 1. The second kappa shape index (κ2) is 9.98. The topological polar surface area (TPSA) is 79.4 Å². The van der Waals surface area contributed by atoms with Crippen LogP contribution in [0.5, 0.6) is 0 Å². The van der Waals surface area contributed by atoms with E-state index in [1.165, 1.54) is 39.9 Å². The molecular formula is C22H28ClN3O3S2. The third-order valence-electron chi connectivity index (χ3n) is 5.89. The Hall–Kier alpha value is -1.48. The fourth-order valence-electron chi connectivity index (χ4n) is 4.16. The van der Waals surface area contributed by atoms with Crippen molar-refractivity contribution in [2.45, 2.75) is 62.7 Å². The van der Waals surface area contributed by atoms with Crippen LogP contribution in [0, 0.1) is 0 Å². The Morgan fingerprint density at radius 1 is 1.10 bits per heavy atom. The van der Waals surface area contributed by atoms with Crippen molar-refractivity contribution in [1.29, 1.82) is 0 Å². The summed E-state index contributed by atoms with van der Waals surface area (Å²) in [6.45, 7) is 1.45. The van der Waals surface area contributed by atoms with Crippen LogP contribution in [0.2, 0.25) is 5.02 Å². The van der Waals surface area contributed by atoms with Gasteiger partial charge in [0.2, 0.25) is 10.0 Å². The van der Waals surface area contributed by atoms with Crippen LogP contribution in [0.15, 0.2) is 23.1 Å². The highest BCUT2D eigenvalue weighted by molar-refractivity contribution is 7.89. The van der Waals surface area contributed by atoms with Crippen LogP contribution >= 0.6 is 22.9 Å². The van der Waals surface area contributed by atoms with Crippen LogP contribution in [0.4, 0.5) is 0 Å². The zero-order chi connectivity index (χ0) is 21.8. The molecule has 1 aliphatic carbocycles. The van der Waals surface area contributed by atoms with E-state index in [9.17, 15) is 13.2 Å². The molecule has 1 aromatic carbocycles. The summed E-state index contributed by atoms with van der Waals surface area (Å²) in [7, 11) is -3.72. The molecule has 4 rings (SSSR count). The van der Waals surface area contributed by atoms with E-state index in [1.54, 1.807) is 17.4 Å². The second-order valence-electron chi connectivity index (χ2n) is 8.15. The first kappa shape index (κ1) is 22.7. The standard InChI is InChI=1S/C22H28ClN3O3S2/c23-17-10-9-16(15-20(17)31(28,29)26-13-5-1-2-6-14-26)22(27)24-12-11-21-25-18-7-3-4-8-19(18)30-21/h9-10,15H,1-8,11-14H2,(H,24,27). The molecule has 0 unspecified atom stereocenters. The number of aryl methyl sites for hydroxylation is 2. The molecule has 1 aliphatic heterocycles. The van der Waals surface area contributed by atoms with Gasteiger partial charge in [-0.1, -0.05) is 24.4 Å². The van der Waals surface area contributed by atoms with E-state index in [0.29, 0.717) is 31.6 Å². The number of thiazole rings is 1. The van der Waals surface area contributed by atoms with Gasteiger partial charge in [-0.15, -0.1) is 11.3 Å². The maximum Gasteiger partial charge on any atom is 0.251 e. The Labute approximate surface area is 193 Å². The molecule has 2 aliphatic rings. The smallest absolute Gasteiger partial charge is 0.251 e. The molecule has 1 fully saturated rings. The number of fused-ring (bicyclic) bond motifs is 1. The molecule has 6 nitrogen and oxygen atoms in total. The van der Waals surface area contributed by atoms with Crippen molar-refractivity contribution in [2.24, 2.45) is 0 Å². The lowest BCUT2D eigenvalue weighted by atomic mass is 10.0. The number of sulfonamides is 1. The van der Waals surface area contributed by atoms with Crippen molar-refractivity contribution in [3.63, 3.8) is 0 Å². The minimum Gasteiger partial charge on any atom is -0.352 e. The van der Waals surface area contributed by atoms with Gasteiger partial charge in [0.05, 0.1) is 15.7 Å². The zero-order valence-electron chi connectivity index (χ0n) is 17.5. The lowest BCUT2D eigenvalue weighted by Gasteiger charge is -2.21. The van der Waals surface area contributed by atoms with E-state index < -0.39 is 10.0 Å². The van der Waals surface area contributed by atoms with Gasteiger partial charge in [0, 0.05) is 36.5 Å². The quantitative estimate of drug-likeness (QED) is 0.670. The number of hydrogen-bond acceptors (Lipinski definition) is 5. The molecule has 2 heterocycles. The van der Waals surface area contributed by atoms with Crippen molar-refractivity contribution in [3.05, 3.63) is 44.4 Å². The Kier molecular flexibility index (Phi) is 7.31. The first-order valence-corrected chi connectivity index (χ1v) is 13.6. The predicted molar refractivity (Wildman–Crippen MR) is 123 cm³/mol. The van der Waals surface area contributed by atoms with E-state index in [4.69, 9.17) is 16.6 Å². The minimum absolute atomic E-state index is 0.0105. The summed E-state index contributed by atoms with van der Waals surface area (Å²) >= 11 is 7.98. The molecule has 1 amide bonds. The number of rotatable bonds is 6. The van der Waals surface area contributed by atoms with Gasteiger partial charge in [0.1, 0.15) is 4.90 Å². The molecule has 168 valence electrons. The fraction of sp³-hybridized carbons (Fsp3) is 0.545. The average molecular weight is 482 g/mol. The van der Waals surface area contributed by atoms with E-state index in [0.717, 1.165) is 43.5 Å². The molecule has 1 saturated heterocycles. The Morgan fingerprint density at radius 2 is 1.84 bits per heavy atom. The van der Waals surface area contributed by atoms with Crippen molar-refractivity contribution in [2.75, 3.05) is 19.6 Å². The van der Waals surface area contributed by atoms with E-state index >= 15 is 0 Å². The van der Waals surface area contributed by atoms with Gasteiger partial charge in [-0.2, -0.15) is 4.31 Å². The highest BCUT2D eigenvalue weighted by atomic mass is 35.5. The van der Waals surface area contributed by atoms with Gasteiger partial charge in [0.25, 0.3) is 5.91 Å². The van der Waals surface area contributed by atoms with Gasteiger partial charge in [-0.05, 0) is 56.7 Å². The summed E-state index contributed by atoms with van der Waals surface area (Å²) in [5.41, 5.74) is 1.52. The monoisotopic (exact) mass is 481 g/mol. The third-order valence-corrected chi connectivity index (χ3v) is 9.49. The molecule has 31 heavy (non-hydrogen) atoms. The summed E-state index contributed by atoms with van der Waals surface area (Å²) in [4.78, 5) is 18.8. The number of hydrogen-bond donors (Lipinski definition) is 1. The maximum atomic E-state index is 13.1. The number of nitrogens with zero attached hydrogens (tertiary/aromatic N) is 2. The van der Waals surface area contributed by atoms with E-state index in [-0.39, 0.29) is 15.8 Å². The summed E-state index contributed by atoms with van der Waals surface area (Å²) in [6.07, 6.45) is 9.02. The molecule has 0 atom stereocenters. The molecule has 0 saturated carbocycles. The SMILES string of the molecule is O=C(NCCc1nc2c(s1)CCCC2)c1ccc(Cl)c(S(=O)(=O)N2CCCCCC2)c1. The highest BCUT2D eigenvalue weighted by Crippen LogP contribution is 2.28. The molecule has 0 bridgehead atoms. The van der Waals surface area contributed by atoms with Gasteiger partial charge < -0.3 is 5.32 Å². The summed E-state index contributed by atoms with van der Waals surface area (Å²) in [6, 6.07) is 4.47. The van der Waals surface area contributed by atoms with E-state index in [1.807, 2.05) is 0 Å². The maximum absolute atomic E-state index is 13.1. The number of carbonyl (C=O) groups excluding carboxylic acids is 1. The third kappa shape index (κ3) is 5.30. The van der Waals surface area contributed by atoms with Crippen molar-refractivity contribution in [1.82, 2.24) is 14.6 Å². The molecule has 1 aromatic heterocycles. The highest BCUT2D eigenvalue weighted by Gasteiger charge is 2.28. The lowest BCUT2D eigenvalue weighted by molar-refractivity contribution is 0.0954. The normalized spacial score (nSPS) is 17.7. The van der Waals surface area contributed by atoms with Crippen LogP contribution in [-0.4, -0.2) is 43.2 Å². The van der Waals surface area contributed by atoms with Crippen LogP contribution in [-0.2, 0) is 29.3 Å². The van der Waals surface area contributed by atoms with Crippen molar-refractivity contribution >= 4 is 38.9 Å². The molecule has 2 aromatic rings. The Bertz CT molecular complexity index is 1020. The molecule has 0 spiro atoms. The molecule has 0 radical (unpaired) electrons. The van der Waals surface area contributed by atoms with Gasteiger partial charge in [-0.25, -0.2) is 13.4 Å². The van der Waals surface area contributed by atoms with Crippen LogP contribution in [0.1, 0.15) is 64.5 Å². The van der Waals surface area contributed by atoms with Crippen molar-refractivity contribution in [3.8, 4) is 0 Å². The Balaban J connectivity index is 1.42. The van der Waals surface area contributed by atoms with Gasteiger partial charge in [0.15, 0.2) is 0 Å².